The summed E-state index contributed by atoms with van der Waals surface area (Å²) in [5.74, 6) is -1.83. The molecule has 0 atom stereocenters. The lowest BCUT2D eigenvalue weighted by atomic mass is 10.1. The molecule has 1 fully saturated rings. The zero-order valence-corrected chi connectivity index (χ0v) is 15.3. The summed E-state index contributed by atoms with van der Waals surface area (Å²) in [4.78, 5) is 5.76. The predicted octanol–water partition coefficient (Wildman–Crippen LogP) is 3.43. The Morgan fingerprint density at radius 3 is 2.74 bits per heavy atom. The van der Waals surface area contributed by atoms with E-state index < -0.39 is 5.92 Å². The van der Waals surface area contributed by atoms with Crippen LogP contribution in [0.5, 0.6) is 0 Å². The number of hydrogen-bond acceptors (Lipinski definition) is 6. The van der Waals surface area contributed by atoms with Crippen LogP contribution in [0.1, 0.15) is 5.56 Å². The van der Waals surface area contributed by atoms with Gasteiger partial charge in [-0.3, -0.25) is 0 Å². The topological polar surface area (TPSA) is 71.8 Å². The van der Waals surface area contributed by atoms with E-state index in [9.17, 15) is 8.78 Å². The smallest absolute Gasteiger partial charge is 0.282 e. The summed E-state index contributed by atoms with van der Waals surface area (Å²) in [5, 5.41) is 15.3. The highest BCUT2D eigenvalue weighted by Crippen LogP contribution is 2.33. The quantitative estimate of drug-likeness (QED) is 0.693. The Morgan fingerprint density at radius 2 is 1.96 bits per heavy atom. The van der Waals surface area contributed by atoms with Gasteiger partial charge in [0, 0.05) is 18.3 Å². The molecule has 11 heteroatoms. The number of benzene rings is 1. The molecule has 0 spiro atoms. The second-order valence-corrected chi connectivity index (χ2v) is 6.82. The van der Waals surface area contributed by atoms with Gasteiger partial charge in [0.1, 0.15) is 5.82 Å². The summed E-state index contributed by atoms with van der Waals surface area (Å²) in [5.41, 5.74) is 1.27. The zero-order chi connectivity index (χ0) is 19.0. The van der Waals surface area contributed by atoms with Crippen LogP contribution in [0.2, 0.25) is 10.0 Å². The van der Waals surface area contributed by atoms with Gasteiger partial charge < -0.3 is 10.2 Å². The number of aromatic nitrogens is 5. The highest BCUT2D eigenvalue weighted by atomic mass is 35.5. The molecule has 4 rings (SSSR count). The lowest BCUT2D eigenvalue weighted by Gasteiger charge is -2.40. The molecule has 3 heterocycles. The van der Waals surface area contributed by atoms with Crippen molar-refractivity contribution in [2.45, 2.75) is 12.5 Å². The predicted molar refractivity (Wildman–Crippen MR) is 97.9 cm³/mol. The number of nitrogens with one attached hydrogen (secondary N) is 1. The number of alkyl halides is 2. The van der Waals surface area contributed by atoms with E-state index in [1.807, 2.05) is 6.07 Å². The van der Waals surface area contributed by atoms with Crippen molar-refractivity contribution in [3.05, 3.63) is 52.1 Å². The van der Waals surface area contributed by atoms with Crippen LogP contribution >= 0.6 is 23.2 Å². The summed E-state index contributed by atoms with van der Waals surface area (Å²) >= 11 is 12.3. The summed E-state index contributed by atoms with van der Waals surface area (Å²) in [6, 6.07) is 8.68. The third-order valence-electron chi connectivity index (χ3n) is 4.08. The number of tetrazole rings is 1. The minimum Gasteiger partial charge on any atom is -0.349 e. The molecule has 1 N–H and O–H groups in total. The van der Waals surface area contributed by atoms with Crippen LogP contribution in [0, 0.1) is 0 Å². The molecule has 7 nitrogen and oxygen atoms in total. The zero-order valence-electron chi connectivity index (χ0n) is 13.8. The Balaban J connectivity index is 1.55. The van der Waals surface area contributed by atoms with E-state index in [4.69, 9.17) is 23.2 Å². The summed E-state index contributed by atoms with van der Waals surface area (Å²) in [6.45, 7) is -0.385. The van der Waals surface area contributed by atoms with Crippen LogP contribution in [0.15, 0.2) is 36.5 Å². The molecule has 1 aromatic carbocycles. The first-order valence-corrected chi connectivity index (χ1v) is 8.73. The second kappa shape index (κ2) is 6.90. The van der Waals surface area contributed by atoms with Crippen molar-refractivity contribution in [3.8, 4) is 5.69 Å². The molecule has 1 saturated heterocycles. The van der Waals surface area contributed by atoms with Gasteiger partial charge in [0.05, 0.1) is 28.8 Å². The van der Waals surface area contributed by atoms with E-state index in [0.717, 1.165) is 5.56 Å². The van der Waals surface area contributed by atoms with Crippen molar-refractivity contribution in [1.82, 2.24) is 25.2 Å². The van der Waals surface area contributed by atoms with Crippen molar-refractivity contribution in [1.29, 1.82) is 0 Å². The molecule has 0 amide bonds. The molecular formula is C16H13Cl2F2N7. The van der Waals surface area contributed by atoms with Crippen molar-refractivity contribution in [3.63, 3.8) is 0 Å². The number of nitrogens with zero attached hydrogens (tertiary/aromatic N) is 6. The van der Waals surface area contributed by atoms with Gasteiger partial charge >= 0.3 is 0 Å². The van der Waals surface area contributed by atoms with Gasteiger partial charge in [0.2, 0.25) is 5.95 Å². The van der Waals surface area contributed by atoms with Crippen LogP contribution < -0.4 is 10.2 Å². The SMILES string of the molecule is FC1(F)CN(c2ncccc2CNc2nnnn2-c2cccc(Cl)c2Cl)C1. The minimum atomic E-state index is -2.67. The van der Waals surface area contributed by atoms with Crippen LogP contribution in [0.25, 0.3) is 5.69 Å². The number of rotatable bonds is 5. The third kappa shape index (κ3) is 3.52. The van der Waals surface area contributed by atoms with Crippen molar-refractivity contribution >= 4 is 35.0 Å². The van der Waals surface area contributed by atoms with Crippen LogP contribution in [-0.2, 0) is 6.54 Å². The highest BCUT2D eigenvalue weighted by molar-refractivity contribution is 6.43. The second-order valence-electron chi connectivity index (χ2n) is 6.04. The molecule has 0 saturated carbocycles. The van der Waals surface area contributed by atoms with Gasteiger partial charge in [0.15, 0.2) is 0 Å². The summed E-state index contributed by atoms with van der Waals surface area (Å²) in [7, 11) is 0. The van der Waals surface area contributed by atoms with Gasteiger partial charge in [-0.1, -0.05) is 40.4 Å². The molecule has 140 valence electrons. The van der Waals surface area contributed by atoms with E-state index in [1.54, 1.807) is 30.5 Å². The summed E-state index contributed by atoms with van der Waals surface area (Å²) in [6.07, 6.45) is 1.57. The largest absolute Gasteiger partial charge is 0.349 e. The molecule has 0 unspecified atom stereocenters. The number of hydrogen-bond donors (Lipinski definition) is 1. The Kier molecular flexibility index (Phi) is 4.56. The molecule has 0 bridgehead atoms. The van der Waals surface area contributed by atoms with E-state index >= 15 is 0 Å². The van der Waals surface area contributed by atoms with Crippen LogP contribution in [-0.4, -0.2) is 44.2 Å². The maximum absolute atomic E-state index is 13.2. The van der Waals surface area contributed by atoms with Crippen LogP contribution in [0.4, 0.5) is 20.5 Å². The van der Waals surface area contributed by atoms with Crippen molar-refractivity contribution < 1.29 is 8.78 Å². The maximum Gasteiger partial charge on any atom is 0.282 e. The van der Waals surface area contributed by atoms with E-state index in [1.165, 1.54) is 9.58 Å². The normalized spacial score (nSPS) is 15.5. The third-order valence-corrected chi connectivity index (χ3v) is 4.89. The summed E-state index contributed by atoms with van der Waals surface area (Å²) < 4.78 is 27.8. The van der Waals surface area contributed by atoms with Gasteiger partial charge in [-0.15, -0.1) is 0 Å². The molecule has 1 aliphatic rings. The van der Waals surface area contributed by atoms with E-state index in [0.29, 0.717) is 34.0 Å². The fraction of sp³-hybridized carbons (Fsp3) is 0.250. The van der Waals surface area contributed by atoms with Crippen molar-refractivity contribution in [2.24, 2.45) is 0 Å². The average molecular weight is 412 g/mol. The minimum absolute atomic E-state index is 0.295. The average Bonchev–Trinajstić information content (AvgIpc) is 3.09. The van der Waals surface area contributed by atoms with Gasteiger partial charge in [-0.25, -0.2) is 13.8 Å². The Morgan fingerprint density at radius 1 is 1.15 bits per heavy atom. The molecule has 1 aliphatic heterocycles. The monoisotopic (exact) mass is 411 g/mol. The van der Waals surface area contributed by atoms with Gasteiger partial charge in [-0.2, -0.15) is 4.68 Å². The molecule has 3 aromatic rings. The van der Waals surface area contributed by atoms with Gasteiger partial charge in [-0.05, 0) is 28.6 Å². The fourth-order valence-electron chi connectivity index (χ4n) is 2.80. The highest BCUT2D eigenvalue weighted by Gasteiger charge is 2.45. The first kappa shape index (κ1) is 17.9. The first-order valence-electron chi connectivity index (χ1n) is 7.98. The molecule has 27 heavy (non-hydrogen) atoms. The molecule has 0 aliphatic carbocycles. The number of pyridine rings is 1. The maximum atomic E-state index is 13.2. The van der Waals surface area contributed by atoms with Gasteiger partial charge in [0.25, 0.3) is 5.92 Å². The van der Waals surface area contributed by atoms with Crippen LogP contribution in [0.3, 0.4) is 0 Å². The van der Waals surface area contributed by atoms with E-state index in [2.05, 4.69) is 25.8 Å². The Labute approximate surface area is 162 Å². The lowest BCUT2D eigenvalue weighted by Crippen LogP contribution is -2.57. The molecule has 0 radical (unpaired) electrons. The Bertz CT molecular complexity index is 971. The van der Waals surface area contributed by atoms with E-state index in [-0.39, 0.29) is 13.1 Å². The Hall–Kier alpha value is -2.52. The number of halogens is 4. The standard InChI is InChI=1S/C16H13Cl2F2N7/c17-11-4-1-5-12(13(11)18)27-15(23-24-25-27)22-7-10-3-2-6-21-14(10)26-8-16(19,20)9-26/h1-6H,7-9H2,(H,22,23,25). The molecule has 2 aromatic heterocycles. The van der Waals surface area contributed by atoms with Crippen molar-refractivity contribution in [2.75, 3.05) is 23.3 Å². The lowest BCUT2D eigenvalue weighted by molar-refractivity contribution is -0.0267. The molecular weight excluding hydrogens is 399 g/mol. The fourth-order valence-corrected chi connectivity index (χ4v) is 3.18. The number of anilines is 2. The first-order chi connectivity index (χ1) is 12.9.